The van der Waals surface area contributed by atoms with Crippen LogP contribution in [0.4, 0.5) is 11.4 Å². The van der Waals surface area contributed by atoms with Crippen LogP contribution in [0.1, 0.15) is 12.8 Å². The largest absolute Gasteiger partial charge is 1.00 e. The molecule has 2 rings (SSSR count). The smallest absolute Gasteiger partial charge is 0.0960 e. The van der Waals surface area contributed by atoms with E-state index in [-0.39, 0.29) is 12.4 Å². The van der Waals surface area contributed by atoms with Gasteiger partial charge in [-0.3, -0.25) is 0 Å². The maximum absolute atomic E-state index is 5.88. The fourth-order valence-electron chi connectivity index (χ4n) is 2.44. The van der Waals surface area contributed by atoms with Crippen LogP contribution >= 0.6 is 0 Å². The van der Waals surface area contributed by atoms with Crippen molar-refractivity contribution < 1.29 is 16.9 Å². The lowest BCUT2D eigenvalue weighted by atomic mass is 10.2. The van der Waals surface area contributed by atoms with Gasteiger partial charge in [-0.2, -0.15) is 0 Å². The maximum atomic E-state index is 5.88. The second-order valence-electron chi connectivity index (χ2n) is 5.01. The molecule has 4 heteroatoms. The first-order chi connectivity index (χ1) is 7.70. The van der Waals surface area contributed by atoms with Crippen molar-refractivity contribution in [1.82, 2.24) is 0 Å². The second kappa shape index (κ2) is 6.12. The molecule has 0 atom stereocenters. The van der Waals surface area contributed by atoms with E-state index in [9.17, 15) is 0 Å². The molecule has 0 amide bonds. The number of benzene rings is 1. The standard InChI is InChI=1S/C13H22N3.ClH/c1-16(9-4-5-10-16)11-8-15-13-7-3-2-6-12(13)14;/h2-3,6-7,15H,4-5,8-11,14H2,1H3;1H/q+1;/p-1. The van der Waals surface area contributed by atoms with Gasteiger partial charge in [0.15, 0.2) is 0 Å². The van der Waals surface area contributed by atoms with Crippen LogP contribution in [0.15, 0.2) is 24.3 Å². The minimum absolute atomic E-state index is 0. The number of nitrogen functional groups attached to an aromatic ring is 1. The third-order valence-electron chi connectivity index (χ3n) is 3.57. The summed E-state index contributed by atoms with van der Waals surface area (Å²) in [5.41, 5.74) is 7.78. The van der Waals surface area contributed by atoms with E-state index >= 15 is 0 Å². The van der Waals surface area contributed by atoms with Gasteiger partial charge in [0.05, 0.1) is 44.6 Å². The van der Waals surface area contributed by atoms with Gasteiger partial charge in [-0.25, -0.2) is 0 Å². The molecule has 0 saturated carbocycles. The third-order valence-corrected chi connectivity index (χ3v) is 3.57. The SMILES string of the molecule is C[N+]1(CCNc2ccccc2N)CCCC1.[Cl-]. The number of nitrogens with zero attached hydrogens (tertiary/aromatic N) is 1. The van der Waals surface area contributed by atoms with Crippen LogP contribution in [-0.2, 0) is 0 Å². The maximum Gasteiger partial charge on any atom is 0.0960 e. The van der Waals surface area contributed by atoms with Gasteiger partial charge in [0, 0.05) is 12.8 Å². The van der Waals surface area contributed by atoms with Crippen LogP contribution in [0, 0.1) is 0 Å². The molecule has 0 bridgehead atoms. The fourth-order valence-corrected chi connectivity index (χ4v) is 2.44. The highest BCUT2D eigenvalue weighted by atomic mass is 35.5. The average molecular weight is 256 g/mol. The molecule has 1 saturated heterocycles. The zero-order valence-corrected chi connectivity index (χ0v) is 11.2. The van der Waals surface area contributed by atoms with E-state index in [2.05, 4.69) is 12.4 Å². The Morgan fingerprint density at radius 3 is 2.53 bits per heavy atom. The van der Waals surface area contributed by atoms with Gasteiger partial charge >= 0.3 is 0 Å². The van der Waals surface area contributed by atoms with Gasteiger partial charge in [0.1, 0.15) is 0 Å². The van der Waals surface area contributed by atoms with Gasteiger partial charge in [0.25, 0.3) is 0 Å². The Bertz CT molecular complexity index is 348. The lowest BCUT2D eigenvalue weighted by molar-refractivity contribution is -0.895. The minimum Gasteiger partial charge on any atom is -1.00 e. The number of likely N-dealkylation sites (tertiary alicyclic amines) is 1. The molecule has 1 aromatic carbocycles. The summed E-state index contributed by atoms with van der Waals surface area (Å²) in [6.45, 7) is 4.84. The summed E-state index contributed by atoms with van der Waals surface area (Å²) >= 11 is 0. The quantitative estimate of drug-likeness (QED) is 0.531. The predicted octanol–water partition coefficient (Wildman–Crippen LogP) is -1.07. The summed E-state index contributed by atoms with van der Waals surface area (Å²) in [7, 11) is 2.35. The van der Waals surface area contributed by atoms with Crippen molar-refractivity contribution in [3.63, 3.8) is 0 Å². The monoisotopic (exact) mass is 255 g/mol. The van der Waals surface area contributed by atoms with E-state index in [4.69, 9.17) is 5.73 Å². The Kier molecular flexibility index (Phi) is 5.09. The number of hydrogen-bond donors (Lipinski definition) is 2. The Morgan fingerprint density at radius 1 is 1.24 bits per heavy atom. The summed E-state index contributed by atoms with van der Waals surface area (Å²) in [5.74, 6) is 0. The molecule has 3 nitrogen and oxygen atoms in total. The minimum atomic E-state index is 0. The summed E-state index contributed by atoms with van der Waals surface area (Å²) in [5, 5.41) is 3.42. The van der Waals surface area contributed by atoms with Crippen LogP contribution in [0.25, 0.3) is 0 Å². The van der Waals surface area contributed by atoms with E-state index in [1.165, 1.54) is 37.0 Å². The molecule has 1 heterocycles. The number of quaternary nitrogens is 1. The number of rotatable bonds is 4. The van der Waals surface area contributed by atoms with Gasteiger partial charge < -0.3 is 27.9 Å². The molecule has 17 heavy (non-hydrogen) atoms. The first kappa shape index (κ1) is 14.1. The zero-order valence-electron chi connectivity index (χ0n) is 10.5. The van der Waals surface area contributed by atoms with Gasteiger partial charge in [-0.05, 0) is 12.1 Å². The number of likely N-dealkylation sites (N-methyl/N-ethyl adjacent to an activating group) is 1. The first-order valence-electron chi connectivity index (χ1n) is 6.12. The fraction of sp³-hybridized carbons (Fsp3) is 0.538. The highest BCUT2D eigenvalue weighted by molar-refractivity contribution is 5.65. The number of para-hydroxylation sites is 2. The molecule has 0 aromatic heterocycles. The Balaban J connectivity index is 0.00000144. The average Bonchev–Trinajstić information content (AvgIpc) is 2.68. The summed E-state index contributed by atoms with van der Waals surface area (Å²) in [6.07, 6.45) is 2.76. The highest BCUT2D eigenvalue weighted by Gasteiger charge is 2.25. The third kappa shape index (κ3) is 3.79. The topological polar surface area (TPSA) is 38.0 Å². The van der Waals surface area contributed by atoms with Crippen molar-refractivity contribution >= 4 is 11.4 Å². The van der Waals surface area contributed by atoms with Gasteiger partial charge in [-0.1, -0.05) is 12.1 Å². The van der Waals surface area contributed by atoms with Crippen LogP contribution in [-0.4, -0.2) is 37.7 Å². The summed E-state index contributed by atoms with van der Waals surface area (Å²) in [4.78, 5) is 0. The van der Waals surface area contributed by atoms with Crippen LogP contribution in [0.5, 0.6) is 0 Å². The van der Waals surface area contributed by atoms with Crippen molar-refractivity contribution in [2.75, 3.05) is 44.3 Å². The number of anilines is 2. The van der Waals surface area contributed by atoms with Crippen LogP contribution < -0.4 is 23.5 Å². The number of nitrogens with two attached hydrogens (primary N) is 1. The molecule has 1 aliphatic rings. The molecular formula is C13H22ClN3. The van der Waals surface area contributed by atoms with E-state index < -0.39 is 0 Å². The van der Waals surface area contributed by atoms with Gasteiger partial charge in [0.2, 0.25) is 0 Å². The summed E-state index contributed by atoms with van der Waals surface area (Å²) in [6, 6.07) is 7.97. The molecule has 0 spiro atoms. The van der Waals surface area contributed by atoms with E-state index in [1.54, 1.807) is 0 Å². The Morgan fingerprint density at radius 2 is 1.88 bits per heavy atom. The summed E-state index contributed by atoms with van der Waals surface area (Å²) < 4.78 is 1.21. The number of hydrogen-bond acceptors (Lipinski definition) is 2. The number of halogens is 1. The van der Waals surface area contributed by atoms with E-state index in [0.717, 1.165) is 17.9 Å². The normalized spacial score (nSPS) is 17.5. The lowest BCUT2D eigenvalue weighted by Crippen LogP contribution is -3.00. The molecular weight excluding hydrogens is 234 g/mol. The second-order valence-corrected chi connectivity index (χ2v) is 5.01. The van der Waals surface area contributed by atoms with Crippen molar-refractivity contribution in [3.8, 4) is 0 Å². The molecule has 1 fully saturated rings. The molecule has 0 radical (unpaired) electrons. The predicted molar refractivity (Wildman–Crippen MR) is 69.4 cm³/mol. The Labute approximate surface area is 110 Å². The van der Waals surface area contributed by atoms with Crippen molar-refractivity contribution in [3.05, 3.63) is 24.3 Å². The lowest BCUT2D eigenvalue weighted by Gasteiger charge is -2.29. The molecule has 3 N–H and O–H groups in total. The molecule has 1 aliphatic heterocycles. The van der Waals surface area contributed by atoms with E-state index in [1.807, 2.05) is 24.3 Å². The molecule has 96 valence electrons. The molecule has 0 aliphatic carbocycles. The van der Waals surface area contributed by atoms with Crippen molar-refractivity contribution in [2.45, 2.75) is 12.8 Å². The van der Waals surface area contributed by atoms with Crippen molar-refractivity contribution in [1.29, 1.82) is 0 Å². The zero-order chi connectivity index (χ0) is 11.4. The first-order valence-corrected chi connectivity index (χ1v) is 6.12. The van der Waals surface area contributed by atoms with Crippen LogP contribution in [0.2, 0.25) is 0 Å². The van der Waals surface area contributed by atoms with Crippen LogP contribution in [0.3, 0.4) is 0 Å². The van der Waals surface area contributed by atoms with Crippen molar-refractivity contribution in [2.24, 2.45) is 0 Å². The Hall–Kier alpha value is -0.930. The van der Waals surface area contributed by atoms with Gasteiger partial charge in [-0.15, -0.1) is 0 Å². The van der Waals surface area contributed by atoms with E-state index in [0.29, 0.717) is 0 Å². The number of nitrogens with one attached hydrogen (secondary N) is 1. The highest BCUT2D eigenvalue weighted by Crippen LogP contribution is 2.18. The molecule has 1 aromatic rings. The molecule has 0 unspecified atom stereocenters.